The minimum absolute atomic E-state index is 0.0112. The molecule has 2 aromatic rings. The van der Waals surface area contributed by atoms with Crippen molar-refractivity contribution >= 4 is 21.4 Å². The number of rotatable bonds is 5. The molecule has 2 saturated heterocycles. The van der Waals surface area contributed by atoms with Gasteiger partial charge >= 0.3 is 0 Å². The van der Waals surface area contributed by atoms with Crippen LogP contribution in [-0.4, -0.2) is 63.0 Å². The van der Waals surface area contributed by atoms with E-state index in [4.69, 9.17) is 4.74 Å². The van der Waals surface area contributed by atoms with Gasteiger partial charge in [0.15, 0.2) is 9.84 Å². The first kappa shape index (κ1) is 19.0. The molecule has 0 N–H and O–H groups in total. The van der Waals surface area contributed by atoms with Crippen LogP contribution in [-0.2, 0) is 21.1 Å². The van der Waals surface area contributed by atoms with E-state index in [9.17, 15) is 13.2 Å². The van der Waals surface area contributed by atoms with Crippen LogP contribution in [0.5, 0.6) is 5.75 Å². The second-order valence-electron chi connectivity index (χ2n) is 7.38. The Hall–Kier alpha value is -2.38. The van der Waals surface area contributed by atoms with E-state index in [2.05, 4.69) is 12.1 Å². The summed E-state index contributed by atoms with van der Waals surface area (Å²) < 4.78 is 30.0. The van der Waals surface area contributed by atoms with Gasteiger partial charge in [0.05, 0.1) is 31.2 Å². The Morgan fingerprint density at radius 3 is 2.36 bits per heavy atom. The Morgan fingerprint density at radius 2 is 1.68 bits per heavy atom. The fourth-order valence-electron chi connectivity index (χ4n) is 4.20. The third-order valence-electron chi connectivity index (χ3n) is 5.58. The number of hydrogen-bond donors (Lipinski definition) is 0. The molecule has 0 aromatic heterocycles. The number of carbonyl (C=O) groups is 1. The summed E-state index contributed by atoms with van der Waals surface area (Å²) in [7, 11) is -1.59. The monoisotopic (exact) mass is 400 g/mol. The molecule has 2 heterocycles. The second kappa shape index (κ2) is 7.56. The van der Waals surface area contributed by atoms with Crippen molar-refractivity contribution in [2.75, 3.05) is 36.6 Å². The van der Waals surface area contributed by atoms with E-state index >= 15 is 0 Å². The number of fused-ring (bicyclic) bond motifs is 1. The standard InChI is InChI=1S/C21H24N2O4S/c1-27-18-9-7-17(8-10-18)23-20-15-28(25,26)14-19(20)22(13-21(23)24)12-11-16-5-3-2-4-6-16/h2-10,19-20H,11-15H2,1H3/t19-,20+/m0/s1. The molecule has 7 heteroatoms. The highest BCUT2D eigenvalue weighted by molar-refractivity contribution is 7.91. The van der Waals surface area contributed by atoms with Crippen molar-refractivity contribution in [3.05, 3.63) is 60.2 Å². The van der Waals surface area contributed by atoms with E-state index < -0.39 is 9.84 Å². The van der Waals surface area contributed by atoms with Crippen LogP contribution in [0.15, 0.2) is 54.6 Å². The van der Waals surface area contributed by atoms with Crippen LogP contribution in [0.2, 0.25) is 0 Å². The lowest BCUT2D eigenvalue weighted by Gasteiger charge is -2.43. The number of methoxy groups -OCH3 is 1. The van der Waals surface area contributed by atoms with Crippen LogP contribution in [0, 0.1) is 0 Å². The van der Waals surface area contributed by atoms with Gasteiger partial charge in [-0.3, -0.25) is 9.69 Å². The largest absolute Gasteiger partial charge is 0.497 e. The predicted octanol–water partition coefficient (Wildman–Crippen LogP) is 1.75. The van der Waals surface area contributed by atoms with Crippen molar-refractivity contribution < 1.29 is 17.9 Å². The summed E-state index contributed by atoms with van der Waals surface area (Å²) in [6.45, 7) is 0.901. The molecule has 0 spiro atoms. The van der Waals surface area contributed by atoms with E-state index in [-0.39, 0.29) is 36.0 Å². The number of anilines is 1. The van der Waals surface area contributed by atoms with Gasteiger partial charge in [-0.05, 0) is 36.2 Å². The summed E-state index contributed by atoms with van der Waals surface area (Å²) in [5.74, 6) is 0.758. The van der Waals surface area contributed by atoms with Gasteiger partial charge in [0.1, 0.15) is 5.75 Å². The maximum absolute atomic E-state index is 13.0. The number of ether oxygens (including phenoxy) is 1. The predicted molar refractivity (Wildman–Crippen MR) is 108 cm³/mol. The van der Waals surface area contributed by atoms with E-state index in [1.165, 1.54) is 5.56 Å². The van der Waals surface area contributed by atoms with Crippen molar-refractivity contribution in [3.8, 4) is 5.75 Å². The summed E-state index contributed by atoms with van der Waals surface area (Å²) in [6.07, 6.45) is 0.792. The van der Waals surface area contributed by atoms with Crippen LogP contribution >= 0.6 is 0 Å². The Bertz CT molecular complexity index is 944. The summed E-state index contributed by atoms with van der Waals surface area (Å²) in [5, 5.41) is 0. The summed E-state index contributed by atoms with van der Waals surface area (Å²) in [5.41, 5.74) is 1.91. The molecule has 148 valence electrons. The minimum Gasteiger partial charge on any atom is -0.497 e. The molecule has 1 amide bonds. The molecule has 2 fully saturated rings. The number of hydrogen-bond acceptors (Lipinski definition) is 5. The van der Waals surface area contributed by atoms with Crippen molar-refractivity contribution in [2.24, 2.45) is 0 Å². The Labute approximate surface area is 165 Å². The van der Waals surface area contributed by atoms with Crippen LogP contribution < -0.4 is 9.64 Å². The third kappa shape index (κ3) is 3.77. The van der Waals surface area contributed by atoms with Crippen molar-refractivity contribution in [3.63, 3.8) is 0 Å². The molecule has 0 radical (unpaired) electrons. The number of amides is 1. The molecule has 4 rings (SSSR count). The maximum atomic E-state index is 13.0. The summed E-state index contributed by atoms with van der Waals surface area (Å²) >= 11 is 0. The molecule has 6 nitrogen and oxygen atoms in total. The molecule has 0 unspecified atom stereocenters. The van der Waals surface area contributed by atoms with Gasteiger partial charge in [-0.2, -0.15) is 0 Å². The zero-order valence-electron chi connectivity index (χ0n) is 15.8. The summed E-state index contributed by atoms with van der Waals surface area (Å²) in [6, 6.07) is 16.8. The van der Waals surface area contributed by atoms with Gasteiger partial charge < -0.3 is 9.64 Å². The van der Waals surface area contributed by atoms with E-state index in [1.807, 2.05) is 35.2 Å². The average molecular weight is 401 g/mol. The second-order valence-corrected chi connectivity index (χ2v) is 9.53. The van der Waals surface area contributed by atoms with Gasteiger partial charge in [-0.1, -0.05) is 30.3 Å². The fraction of sp³-hybridized carbons (Fsp3) is 0.381. The van der Waals surface area contributed by atoms with E-state index in [0.717, 1.165) is 12.1 Å². The lowest BCUT2D eigenvalue weighted by molar-refractivity contribution is -0.123. The van der Waals surface area contributed by atoms with Crippen molar-refractivity contribution in [1.82, 2.24) is 4.90 Å². The highest BCUT2D eigenvalue weighted by Gasteiger charge is 2.49. The minimum atomic E-state index is -3.18. The topological polar surface area (TPSA) is 66.9 Å². The van der Waals surface area contributed by atoms with Gasteiger partial charge in [0.25, 0.3) is 0 Å². The molecule has 2 aliphatic rings. The Balaban J connectivity index is 1.58. The Morgan fingerprint density at radius 1 is 1.00 bits per heavy atom. The third-order valence-corrected chi connectivity index (χ3v) is 7.28. The first-order valence-electron chi connectivity index (χ1n) is 9.41. The number of nitrogens with zero attached hydrogens (tertiary/aromatic N) is 2. The van der Waals surface area contributed by atoms with Crippen LogP contribution in [0.1, 0.15) is 5.56 Å². The zero-order chi connectivity index (χ0) is 19.7. The van der Waals surface area contributed by atoms with Gasteiger partial charge in [0.2, 0.25) is 5.91 Å². The quantitative estimate of drug-likeness (QED) is 0.765. The average Bonchev–Trinajstić information content (AvgIpc) is 3.02. The molecule has 0 saturated carbocycles. The number of carbonyl (C=O) groups excluding carboxylic acids is 1. The molecule has 2 aliphatic heterocycles. The van der Waals surface area contributed by atoms with Crippen LogP contribution in [0.3, 0.4) is 0 Å². The molecule has 2 atom stereocenters. The molecule has 0 bridgehead atoms. The van der Waals surface area contributed by atoms with E-state index in [1.54, 1.807) is 24.1 Å². The molecular weight excluding hydrogens is 376 g/mol. The van der Waals surface area contributed by atoms with Crippen molar-refractivity contribution in [1.29, 1.82) is 0 Å². The number of benzene rings is 2. The summed E-state index contributed by atoms with van der Waals surface area (Å²) in [4.78, 5) is 16.7. The first-order valence-corrected chi connectivity index (χ1v) is 11.2. The maximum Gasteiger partial charge on any atom is 0.241 e. The normalized spacial score (nSPS) is 24.2. The SMILES string of the molecule is COc1ccc(N2C(=O)CN(CCc3ccccc3)[C@H]3CS(=O)(=O)C[C@H]32)cc1. The smallest absolute Gasteiger partial charge is 0.241 e. The lowest BCUT2D eigenvalue weighted by Crippen LogP contribution is -2.62. The van der Waals surface area contributed by atoms with Gasteiger partial charge in [-0.25, -0.2) is 8.42 Å². The zero-order valence-corrected chi connectivity index (χ0v) is 16.6. The first-order chi connectivity index (χ1) is 13.5. The molecular formula is C21H24N2O4S. The molecule has 28 heavy (non-hydrogen) atoms. The van der Waals surface area contributed by atoms with Gasteiger partial charge in [-0.15, -0.1) is 0 Å². The number of sulfone groups is 1. The highest BCUT2D eigenvalue weighted by atomic mass is 32.2. The fourth-order valence-corrected chi connectivity index (χ4v) is 6.18. The van der Waals surface area contributed by atoms with Crippen molar-refractivity contribution in [2.45, 2.75) is 18.5 Å². The lowest BCUT2D eigenvalue weighted by atomic mass is 10.0. The van der Waals surface area contributed by atoms with E-state index in [0.29, 0.717) is 12.3 Å². The molecule has 2 aromatic carbocycles. The van der Waals surface area contributed by atoms with Crippen LogP contribution in [0.4, 0.5) is 5.69 Å². The number of piperazine rings is 1. The van der Waals surface area contributed by atoms with Crippen LogP contribution in [0.25, 0.3) is 0 Å². The van der Waals surface area contributed by atoms with Gasteiger partial charge in [0, 0.05) is 18.3 Å². The highest BCUT2D eigenvalue weighted by Crippen LogP contribution is 2.32. The molecule has 0 aliphatic carbocycles. The Kier molecular flexibility index (Phi) is 5.12.